The van der Waals surface area contributed by atoms with Crippen LogP contribution in [-0.4, -0.2) is 5.75 Å². The van der Waals surface area contributed by atoms with Gasteiger partial charge in [0.25, 0.3) is 0 Å². The number of hydrogen-bond acceptors (Lipinski definition) is 2. The molecule has 0 spiro atoms. The number of thiol groups is 1. The summed E-state index contributed by atoms with van der Waals surface area (Å²) in [5.41, 5.74) is 1.52. The van der Waals surface area contributed by atoms with Crippen LogP contribution in [0.3, 0.4) is 0 Å². The second-order valence-electron chi connectivity index (χ2n) is 2.76. The van der Waals surface area contributed by atoms with E-state index in [4.69, 9.17) is 16.9 Å². The van der Waals surface area contributed by atoms with Crippen molar-refractivity contribution in [2.75, 3.05) is 5.75 Å². The molecular weight excluding hydrogens is 214 g/mol. The maximum atomic E-state index is 8.63. The Balaban J connectivity index is 2.85. The molecule has 1 aromatic carbocycles. The topological polar surface area (TPSA) is 23.8 Å². The minimum absolute atomic E-state index is 0.585. The van der Waals surface area contributed by atoms with E-state index in [2.05, 4.69) is 12.6 Å². The quantitative estimate of drug-likeness (QED) is 0.779. The molecule has 3 heteroatoms. The zero-order chi connectivity index (χ0) is 10.4. The Morgan fingerprint density at radius 3 is 2.86 bits per heavy atom. The molecule has 14 heavy (non-hydrogen) atoms. The summed E-state index contributed by atoms with van der Waals surface area (Å²) in [4.78, 5) is 0. The van der Waals surface area contributed by atoms with Gasteiger partial charge in [0.1, 0.15) is 0 Å². The molecule has 72 valence electrons. The summed E-state index contributed by atoms with van der Waals surface area (Å²) in [6.45, 7) is 0. The molecule has 1 aromatic rings. The van der Waals surface area contributed by atoms with E-state index in [0.29, 0.717) is 10.6 Å². The van der Waals surface area contributed by atoms with E-state index in [1.54, 1.807) is 12.1 Å². The van der Waals surface area contributed by atoms with Gasteiger partial charge in [0.05, 0.1) is 11.6 Å². The number of hydrogen-bond donors (Lipinski definition) is 1. The predicted molar refractivity (Wildman–Crippen MR) is 63.7 cm³/mol. The van der Waals surface area contributed by atoms with E-state index < -0.39 is 0 Å². The second-order valence-corrected chi connectivity index (χ2v) is 3.62. The molecule has 0 heterocycles. The van der Waals surface area contributed by atoms with Gasteiger partial charge in [-0.2, -0.15) is 17.9 Å². The third-order valence-electron chi connectivity index (χ3n) is 1.72. The Labute approximate surface area is 94.4 Å². The average Bonchev–Trinajstić information content (AvgIpc) is 2.20. The molecule has 0 amide bonds. The first-order valence-electron chi connectivity index (χ1n) is 4.25. The van der Waals surface area contributed by atoms with Crippen LogP contribution >= 0.6 is 24.2 Å². The van der Waals surface area contributed by atoms with Gasteiger partial charge in [-0.25, -0.2) is 0 Å². The van der Waals surface area contributed by atoms with E-state index in [0.717, 1.165) is 17.7 Å². The van der Waals surface area contributed by atoms with E-state index in [1.165, 1.54) is 0 Å². The molecule has 0 aliphatic heterocycles. The van der Waals surface area contributed by atoms with Crippen molar-refractivity contribution in [2.45, 2.75) is 6.42 Å². The Bertz CT molecular complexity index is 379. The number of nitriles is 1. The van der Waals surface area contributed by atoms with Crippen LogP contribution in [0.15, 0.2) is 24.3 Å². The Morgan fingerprint density at radius 2 is 2.29 bits per heavy atom. The predicted octanol–water partition coefficient (Wildman–Crippen LogP) is 3.54. The Hall–Kier alpha value is -0.910. The molecule has 0 saturated heterocycles. The highest BCUT2D eigenvalue weighted by Crippen LogP contribution is 2.19. The van der Waals surface area contributed by atoms with Crippen LogP contribution in [0.4, 0.5) is 0 Å². The van der Waals surface area contributed by atoms with E-state index >= 15 is 0 Å². The van der Waals surface area contributed by atoms with E-state index in [-0.39, 0.29) is 0 Å². The van der Waals surface area contributed by atoms with Crippen LogP contribution in [-0.2, 0) is 0 Å². The fourth-order valence-electron chi connectivity index (χ4n) is 1.02. The summed E-state index contributed by atoms with van der Waals surface area (Å²) in [6, 6.07) is 7.31. The van der Waals surface area contributed by atoms with Crippen molar-refractivity contribution >= 4 is 30.3 Å². The third-order valence-corrected chi connectivity index (χ3v) is 2.31. The van der Waals surface area contributed by atoms with Crippen molar-refractivity contribution < 1.29 is 0 Å². The van der Waals surface area contributed by atoms with Gasteiger partial charge in [-0.3, -0.25) is 0 Å². The van der Waals surface area contributed by atoms with Crippen molar-refractivity contribution in [1.82, 2.24) is 0 Å². The standard InChI is InChI=1S/C11H10ClNS/c12-11-7-9(8-13)4-5-10(11)3-1-2-6-14/h1,3-5,7,14H,2,6H2. The van der Waals surface area contributed by atoms with Crippen LogP contribution in [0, 0.1) is 11.3 Å². The maximum Gasteiger partial charge on any atom is 0.0992 e. The first-order valence-corrected chi connectivity index (χ1v) is 5.26. The maximum absolute atomic E-state index is 8.63. The fraction of sp³-hybridized carbons (Fsp3) is 0.182. The SMILES string of the molecule is N#Cc1ccc(C=CCCS)c(Cl)c1. The zero-order valence-electron chi connectivity index (χ0n) is 7.57. The van der Waals surface area contributed by atoms with Crippen LogP contribution in [0.2, 0.25) is 5.02 Å². The Morgan fingerprint density at radius 1 is 1.50 bits per heavy atom. The van der Waals surface area contributed by atoms with Crippen molar-refractivity contribution in [2.24, 2.45) is 0 Å². The molecule has 1 nitrogen and oxygen atoms in total. The number of halogens is 1. The van der Waals surface area contributed by atoms with Gasteiger partial charge in [-0.05, 0) is 29.9 Å². The lowest BCUT2D eigenvalue weighted by atomic mass is 10.1. The Kier molecular flexibility index (Phi) is 4.58. The molecule has 0 N–H and O–H groups in total. The van der Waals surface area contributed by atoms with Crippen molar-refractivity contribution in [3.8, 4) is 6.07 Å². The lowest BCUT2D eigenvalue weighted by Gasteiger charge is -1.97. The van der Waals surface area contributed by atoms with Crippen molar-refractivity contribution in [3.05, 3.63) is 40.4 Å². The van der Waals surface area contributed by atoms with Crippen LogP contribution in [0.25, 0.3) is 6.08 Å². The third kappa shape index (κ3) is 3.10. The average molecular weight is 224 g/mol. The molecule has 0 aromatic heterocycles. The fourth-order valence-corrected chi connectivity index (χ4v) is 1.41. The molecule has 0 unspecified atom stereocenters. The molecule has 0 saturated carbocycles. The summed E-state index contributed by atoms with van der Waals surface area (Å²) in [6.07, 6.45) is 4.87. The molecule has 0 aliphatic carbocycles. The number of allylic oxidation sites excluding steroid dienone is 1. The molecule has 1 rings (SSSR count). The normalized spacial score (nSPS) is 10.4. The summed E-state index contributed by atoms with van der Waals surface area (Å²) in [5, 5.41) is 9.24. The monoisotopic (exact) mass is 223 g/mol. The molecule has 0 aliphatic rings. The van der Waals surface area contributed by atoms with Crippen LogP contribution in [0.5, 0.6) is 0 Å². The minimum atomic E-state index is 0.585. The van der Waals surface area contributed by atoms with Gasteiger partial charge in [-0.15, -0.1) is 0 Å². The van der Waals surface area contributed by atoms with Gasteiger partial charge in [0.15, 0.2) is 0 Å². The highest BCUT2D eigenvalue weighted by molar-refractivity contribution is 7.80. The number of nitrogens with zero attached hydrogens (tertiary/aromatic N) is 1. The summed E-state index contributed by atoms with van der Waals surface area (Å²) < 4.78 is 0. The first-order chi connectivity index (χ1) is 6.77. The molecule has 0 radical (unpaired) electrons. The summed E-state index contributed by atoms with van der Waals surface area (Å²) in [5.74, 6) is 0.824. The van der Waals surface area contributed by atoms with Crippen LogP contribution in [0.1, 0.15) is 17.5 Å². The van der Waals surface area contributed by atoms with Crippen molar-refractivity contribution in [3.63, 3.8) is 0 Å². The van der Waals surface area contributed by atoms with Gasteiger partial charge < -0.3 is 0 Å². The van der Waals surface area contributed by atoms with E-state index in [9.17, 15) is 0 Å². The van der Waals surface area contributed by atoms with Gasteiger partial charge >= 0.3 is 0 Å². The largest absolute Gasteiger partial charge is 0.192 e. The molecular formula is C11H10ClNS. The minimum Gasteiger partial charge on any atom is -0.192 e. The lowest BCUT2D eigenvalue weighted by molar-refractivity contribution is 1.26. The molecule has 0 fully saturated rings. The highest BCUT2D eigenvalue weighted by atomic mass is 35.5. The molecule has 0 atom stereocenters. The van der Waals surface area contributed by atoms with E-state index in [1.807, 2.05) is 24.3 Å². The van der Waals surface area contributed by atoms with Crippen LogP contribution < -0.4 is 0 Å². The molecule has 0 bridgehead atoms. The van der Waals surface area contributed by atoms with Crippen molar-refractivity contribution in [1.29, 1.82) is 5.26 Å². The highest BCUT2D eigenvalue weighted by Gasteiger charge is 1.97. The summed E-state index contributed by atoms with van der Waals surface area (Å²) >= 11 is 10.1. The number of benzene rings is 1. The number of rotatable bonds is 3. The van der Waals surface area contributed by atoms with Gasteiger partial charge in [-0.1, -0.05) is 29.8 Å². The zero-order valence-corrected chi connectivity index (χ0v) is 9.22. The van der Waals surface area contributed by atoms with Gasteiger partial charge in [0.2, 0.25) is 0 Å². The van der Waals surface area contributed by atoms with Gasteiger partial charge in [0, 0.05) is 5.02 Å². The second kappa shape index (κ2) is 5.74. The summed E-state index contributed by atoms with van der Waals surface area (Å²) in [7, 11) is 0. The smallest absolute Gasteiger partial charge is 0.0992 e. The first kappa shape index (κ1) is 11.2. The lowest BCUT2D eigenvalue weighted by Crippen LogP contribution is -1.78.